The SMILES string of the molecule is CC(CN1CCNCC1)C(C1CCN(C)C1)N(C)C. The van der Waals surface area contributed by atoms with Crippen molar-refractivity contribution in [2.24, 2.45) is 11.8 Å². The minimum absolute atomic E-state index is 0.722. The molecule has 2 aliphatic rings. The van der Waals surface area contributed by atoms with Gasteiger partial charge in [-0.3, -0.25) is 0 Å². The molecule has 0 saturated carbocycles. The van der Waals surface area contributed by atoms with Gasteiger partial charge in [0.2, 0.25) is 0 Å². The van der Waals surface area contributed by atoms with Crippen LogP contribution in [-0.4, -0.2) is 87.7 Å². The molecule has 0 amide bonds. The Kier molecular flexibility index (Phi) is 5.63. The minimum Gasteiger partial charge on any atom is -0.314 e. The van der Waals surface area contributed by atoms with Gasteiger partial charge in [-0.1, -0.05) is 6.92 Å². The van der Waals surface area contributed by atoms with E-state index in [2.05, 4.69) is 48.1 Å². The van der Waals surface area contributed by atoms with Crippen molar-refractivity contribution in [1.29, 1.82) is 0 Å². The van der Waals surface area contributed by atoms with Crippen molar-refractivity contribution in [1.82, 2.24) is 20.0 Å². The van der Waals surface area contributed by atoms with E-state index in [1.807, 2.05) is 0 Å². The van der Waals surface area contributed by atoms with E-state index >= 15 is 0 Å². The lowest BCUT2D eigenvalue weighted by Gasteiger charge is -2.38. The molecular formula is C15H32N4. The molecular weight excluding hydrogens is 236 g/mol. The van der Waals surface area contributed by atoms with E-state index in [1.54, 1.807) is 0 Å². The molecule has 0 spiro atoms. The number of piperazine rings is 1. The van der Waals surface area contributed by atoms with Crippen LogP contribution in [0.5, 0.6) is 0 Å². The lowest BCUT2D eigenvalue weighted by Crippen LogP contribution is -2.50. The van der Waals surface area contributed by atoms with Gasteiger partial charge in [0.05, 0.1) is 0 Å². The molecule has 2 rings (SSSR count). The summed E-state index contributed by atoms with van der Waals surface area (Å²) in [5, 5.41) is 3.44. The van der Waals surface area contributed by atoms with E-state index < -0.39 is 0 Å². The normalized spacial score (nSPS) is 29.8. The summed E-state index contributed by atoms with van der Waals surface area (Å²) < 4.78 is 0. The van der Waals surface area contributed by atoms with Gasteiger partial charge in [0.15, 0.2) is 0 Å². The first-order chi connectivity index (χ1) is 9.08. The topological polar surface area (TPSA) is 21.8 Å². The molecule has 0 aliphatic carbocycles. The summed E-state index contributed by atoms with van der Waals surface area (Å²) in [7, 11) is 6.78. The first-order valence-electron chi connectivity index (χ1n) is 7.86. The molecule has 112 valence electrons. The van der Waals surface area contributed by atoms with Gasteiger partial charge < -0.3 is 20.0 Å². The molecule has 4 heteroatoms. The molecule has 4 nitrogen and oxygen atoms in total. The standard InChI is InChI=1S/C15H32N4/c1-13(11-19-9-6-16-7-10-19)15(17(2)3)14-5-8-18(4)12-14/h13-16H,5-12H2,1-4H3. The van der Waals surface area contributed by atoms with Crippen molar-refractivity contribution >= 4 is 0 Å². The molecule has 2 fully saturated rings. The third-order valence-corrected chi connectivity index (χ3v) is 4.85. The van der Waals surface area contributed by atoms with Crippen LogP contribution in [0.1, 0.15) is 13.3 Å². The molecule has 0 bridgehead atoms. The van der Waals surface area contributed by atoms with Gasteiger partial charge in [-0.15, -0.1) is 0 Å². The summed E-state index contributed by atoms with van der Waals surface area (Å²) >= 11 is 0. The Morgan fingerprint density at radius 2 is 1.89 bits per heavy atom. The zero-order chi connectivity index (χ0) is 13.8. The van der Waals surface area contributed by atoms with Gasteiger partial charge in [0.1, 0.15) is 0 Å². The van der Waals surface area contributed by atoms with Gasteiger partial charge in [-0.25, -0.2) is 0 Å². The second-order valence-electron chi connectivity index (χ2n) is 6.79. The lowest BCUT2D eigenvalue weighted by molar-refractivity contribution is 0.110. The van der Waals surface area contributed by atoms with Crippen molar-refractivity contribution < 1.29 is 0 Å². The Morgan fingerprint density at radius 3 is 2.42 bits per heavy atom. The zero-order valence-corrected chi connectivity index (χ0v) is 13.2. The van der Waals surface area contributed by atoms with Gasteiger partial charge in [0, 0.05) is 45.3 Å². The van der Waals surface area contributed by atoms with E-state index in [0.29, 0.717) is 0 Å². The molecule has 2 saturated heterocycles. The fourth-order valence-electron chi connectivity index (χ4n) is 4.05. The first kappa shape index (κ1) is 15.2. The lowest BCUT2D eigenvalue weighted by atomic mass is 9.87. The van der Waals surface area contributed by atoms with Crippen LogP contribution in [0.2, 0.25) is 0 Å². The second kappa shape index (κ2) is 7.02. The van der Waals surface area contributed by atoms with E-state index in [-0.39, 0.29) is 0 Å². The Hall–Kier alpha value is -0.160. The van der Waals surface area contributed by atoms with Crippen molar-refractivity contribution in [3.05, 3.63) is 0 Å². The summed E-state index contributed by atoms with van der Waals surface area (Å²) in [6.45, 7) is 11.0. The van der Waals surface area contributed by atoms with Crippen LogP contribution in [0.4, 0.5) is 0 Å². The third-order valence-electron chi connectivity index (χ3n) is 4.85. The van der Waals surface area contributed by atoms with Crippen molar-refractivity contribution in [2.45, 2.75) is 19.4 Å². The third kappa shape index (κ3) is 4.15. The fourth-order valence-corrected chi connectivity index (χ4v) is 4.05. The average Bonchev–Trinajstić information content (AvgIpc) is 2.76. The van der Waals surface area contributed by atoms with E-state index in [9.17, 15) is 0 Å². The zero-order valence-electron chi connectivity index (χ0n) is 13.2. The minimum atomic E-state index is 0.722. The fraction of sp³-hybridized carbons (Fsp3) is 1.00. The van der Waals surface area contributed by atoms with Gasteiger partial charge in [-0.2, -0.15) is 0 Å². The van der Waals surface area contributed by atoms with Crippen LogP contribution in [0.15, 0.2) is 0 Å². The van der Waals surface area contributed by atoms with Crippen LogP contribution < -0.4 is 5.32 Å². The Labute approximate surface area is 119 Å². The van der Waals surface area contributed by atoms with Crippen molar-refractivity contribution in [3.63, 3.8) is 0 Å². The van der Waals surface area contributed by atoms with Crippen LogP contribution in [0.25, 0.3) is 0 Å². The summed E-state index contributed by atoms with van der Waals surface area (Å²) in [6, 6.07) is 0.722. The first-order valence-corrected chi connectivity index (χ1v) is 7.86. The highest BCUT2D eigenvalue weighted by molar-refractivity contribution is 4.88. The second-order valence-corrected chi connectivity index (χ2v) is 6.79. The highest BCUT2D eigenvalue weighted by Crippen LogP contribution is 2.26. The number of nitrogens with zero attached hydrogens (tertiary/aromatic N) is 3. The van der Waals surface area contributed by atoms with Crippen LogP contribution >= 0.6 is 0 Å². The monoisotopic (exact) mass is 268 g/mol. The maximum absolute atomic E-state index is 3.44. The molecule has 0 radical (unpaired) electrons. The quantitative estimate of drug-likeness (QED) is 0.779. The van der Waals surface area contributed by atoms with E-state index in [4.69, 9.17) is 0 Å². The molecule has 0 aromatic carbocycles. The Balaban J connectivity index is 1.90. The molecule has 3 atom stereocenters. The number of rotatable bonds is 5. The highest BCUT2D eigenvalue weighted by atomic mass is 15.2. The summed E-state index contributed by atoms with van der Waals surface area (Å²) in [4.78, 5) is 7.59. The Bertz CT molecular complexity index is 263. The molecule has 2 heterocycles. The predicted molar refractivity (Wildman–Crippen MR) is 81.6 cm³/mol. The average molecular weight is 268 g/mol. The number of likely N-dealkylation sites (tertiary alicyclic amines) is 1. The van der Waals surface area contributed by atoms with E-state index in [1.165, 1.54) is 39.1 Å². The van der Waals surface area contributed by atoms with E-state index in [0.717, 1.165) is 31.0 Å². The maximum atomic E-state index is 3.44. The molecule has 1 N–H and O–H groups in total. The van der Waals surface area contributed by atoms with Gasteiger partial charge in [0.25, 0.3) is 0 Å². The summed E-state index contributed by atoms with van der Waals surface area (Å²) in [6.07, 6.45) is 1.37. The number of nitrogens with one attached hydrogen (secondary N) is 1. The molecule has 0 aromatic heterocycles. The molecule has 19 heavy (non-hydrogen) atoms. The predicted octanol–water partition coefficient (Wildman–Crippen LogP) is 0.410. The van der Waals surface area contributed by atoms with Gasteiger partial charge in [-0.05, 0) is 45.9 Å². The number of hydrogen-bond acceptors (Lipinski definition) is 4. The smallest absolute Gasteiger partial charge is 0.0168 e. The maximum Gasteiger partial charge on any atom is 0.0168 e. The van der Waals surface area contributed by atoms with Crippen molar-refractivity contribution in [2.75, 3.05) is 67.0 Å². The summed E-state index contributed by atoms with van der Waals surface area (Å²) in [5.74, 6) is 1.60. The summed E-state index contributed by atoms with van der Waals surface area (Å²) in [5.41, 5.74) is 0. The van der Waals surface area contributed by atoms with Crippen LogP contribution in [-0.2, 0) is 0 Å². The van der Waals surface area contributed by atoms with Crippen LogP contribution in [0, 0.1) is 11.8 Å². The Morgan fingerprint density at radius 1 is 1.21 bits per heavy atom. The molecule has 0 aromatic rings. The van der Waals surface area contributed by atoms with Crippen molar-refractivity contribution in [3.8, 4) is 0 Å². The van der Waals surface area contributed by atoms with Gasteiger partial charge >= 0.3 is 0 Å². The highest BCUT2D eigenvalue weighted by Gasteiger charge is 2.33. The number of hydrogen-bond donors (Lipinski definition) is 1. The van der Waals surface area contributed by atoms with Crippen LogP contribution in [0.3, 0.4) is 0 Å². The molecule has 3 unspecified atom stereocenters. The largest absolute Gasteiger partial charge is 0.314 e. The molecule has 2 aliphatic heterocycles.